The number of nitrogens with one attached hydrogen (secondary N) is 1. The van der Waals surface area contributed by atoms with Crippen molar-refractivity contribution < 1.29 is 4.39 Å². The molecule has 0 aromatic heterocycles. The summed E-state index contributed by atoms with van der Waals surface area (Å²) in [6.45, 7) is 3.16. The number of hydrogen-bond acceptors (Lipinski definition) is 3. The highest BCUT2D eigenvalue weighted by Crippen LogP contribution is 2.36. The molecule has 0 amide bonds. The first-order valence-electron chi connectivity index (χ1n) is 6.10. The molecule has 0 bridgehead atoms. The number of nitriles is 1. The van der Waals surface area contributed by atoms with Gasteiger partial charge in [0, 0.05) is 31.7 Å². The van der Waals surface area contributed by atoms with Crippen LogP contribution in [-0.2, 0) is 0 Å². The van der Waals surface area contributed by atoms with Crippen molar-refractivity contribution in [3.8, 4) is 6.07 Å². The molecule has 1 aromatic carbocycles. The first-order valence-corrected chi connectivity index (χ1v) is 6.86. The van der Waals surface area contributed by atoms with E-state index in [0.717, 1.165) is 26.2 Å². The summed E-state index contributed by atoms with van der Waals surface area (Å²) in [5.74, 6) is -0.409. The van der Waals surface area contributed by atoms with Gasteiger partial charge in [-0.05, 0) is 12.1 Å². The van der Waals surface area contributed by atoms with Crippen LogP contribution >= 0.6 is 48.0 Å². The maximum atomic E-state index is 14.1. The number of piperazine rings is 1. The van der Waals surface area contributed by atoms with E-state index in [-0.39, 0.29) is 42.3 Å². The standard InChI is InChI=1S/C13H14Cl2FN3.2ClH/c14-9-1-2-10(16)12(13(9)15)11(3-4-17)19-7-5-18-6-8-19;;/h1-2,11,18H,3,5-8H2;2*1H/t11-;;/m1../s1. The molecule has 1 N–H and O–H groups in total. The van der Waals surface area contributed by atoms with E-state index in [4.69, 9.17) is 28.5 Å². The fourth-order valence-electron chi connectivity index (χ4n) is 2.34. The average Bonchev–Trinajstić information content (AvgIpc) is 2.43. The van der Waals surface area contributed by atoms with Crippen LogP contribution in [-0.4, -0.2) is 31.1 Å². The first kappa shape index (κ1) is 20.7. The molecule has 0 spiro atoms. The Bertz CT molecular complexity index is 501. The van der Waals surface area contributed by atoms with E-state index in [0.29, 0.717) is 10.6 Å². The molecule has 1 saturated heterocycles. The second-order valence-electron chi connectivity index (χ2n) is 4.42. The van der Waals surface area contributed by atoms with Gasteiger partial charge < -0.3 is 5.32 Å². The predicted octanol–water partition coefficient (Wildman–Crippen LogP) is 3.84. The molecule has 3 nitrogen and oxygen atoms in total. The van der Waals surface area contributed by atoms with Crippen molar-refractivity contribution in [1.82, 2.24) is 10.2 Å². The number of benzene rings is 1. The molecule has 0 radical (unpaired) electrons. The maximum absolute atomic E-state index is 14.1. The van der Waals surface area contributed by atoms with Crippen LogP contribution in [0.2, 0.25) is 10.0 Å². The summed E-state index contributed by atoms with van der Waals surface area (Å²) >= 11 is 12.1. The molecule has 0 saturated carbocycles. The molecule has 1 atom stereocenters. The van der Waals surface area contributed by atoms with Gasteiger partial charge >= 0.3 is 0 Å². The lowest BCUT2D eigenvalue weighted by Gasteiger charge is -2.34. The third kappa shape index (κ3) is 4.85. The third-order valence-electron chi connectivity index (χ3n) is 3.29. The van der Waals surface area contributed by atoms with E-state index in [1.165, 1.54) is 12.1 Å². The molecule has 2 rings (SSSR count). The van der Waals surface area contributed by atoms with E-state index in [1.54, 1.807) is 0 Å². The lowest BCUT2D eigenvalue weighted by atomic mass is 10.0. The highest BCUT2D eigenvalue weighted by Gasteiger charge is 2.27. The van der Waals surface area contributed by atoms with E-state index in [1.807, 2.05) is 0 Å². The smallest absolute Gasteiger partial charge is 0.129 e. The molecule has 0 aliphatic carbocycles. The lowest BCUT2D eigenvalue weighted by Crippen LogP contribution is -2.45. The van der Waals surface area contributed by atoms with Crippen LogP contribution in [0.4, 0.5) is 4.39 Å². The molecule has 1 heterocycles. The van der Waals surface area contributed by atoms with Gasteiger partial charge in [0.2, 0.25) is 0 Å². The van der Waals surface area contributed by atoms with Crippen LogP contribution in [0.25, 0.3) is 0 Å². The number of rotatable bonds is 3. The van der Waals surface area contributed by atoms with Crippen molar-refractivity contribution in [3.05, 3.63) is 33.6 Å². The molecular formula is C13H16Cl4FN3. The van der Waals surface area contributed by atoms with Gasteiger partial charge in [0.25, 0.3) is 0 Å². The van der Waals surface area contributed by atoms with Gasteiger partial charge in [0.1, 0.15) is 5.82 Å². The molecule has 21 heavy (non-hydrogen) atoms. The van der Waals surface area contributed by atoms with Crippen LogP contribution in [0.3, 0.4) is 0 Å². The van der Waals surface area contributed by atoms with E-state index >= 15 is 0 Å². The van der Waals surface area contributed by atoms with Crippen LogP contribution in [0.15, 0.2) is 12.1 Å². The minimum Gasteiger partial charge on any atom is -0.314 e. The molecule has 0 unspecified atom stereocenters. The Balaban J connectivity index is 0.00000200. The Labute approximate surface area is 146 Å². The van der Waals surface area contributed by atoms with Crippen LogP contribution in [0.5, 0.6) is 0 Å². The first-order chi connectivity index (χ1) is 9.15. The van der Waals surface area contributed by atoms with Gasteiger partial charge in [-0.1, -0.05) is 23.2 Å². The van der Waals surface area contributed by atoms with Gasteiger partial charge in [-0.15, -0.1) is 24.8 Å². The average molecular weight is 375 g/mol. The van der Waals surface area contributed by atoms with Crippen LogP contribution in [0, 0.1) is 17.1 Å². The number of hydrogen-bond donors (Lipinski definition) is 1. The molecule has 1 aromatic rings. The minimum atomic E-state index is -0.409. The Morgan fingerprint density at radius 1 is 1.29 bits per heavy atom. The van der Waals surface area contributed by atoms with Crippen molar-refractivity contribution >= 4 is 48.0 Å². The summed E-state index contributed by atoms with van der Waals surface area (Å²) in [6.07, 6.45) is 0.191. The number of halogens is 5. The largest absolute Gasteiger partial charge is 0.314 e. The summed E-state index contributed by atoms with van der Waals surface area (Å²) in [5, 5.41) is 12.7. The fraction of sp³-hybridized carbons (Fsp3) is 0.462. The van der Waals surface area contributed by atoms with Crippen molar-refractivity contribution in [2.45, 2.75) is 12.5 Å². The van der Waals surface area contributed by atoms with Crippen LogP contribution < -0.4 is 5.32 Å². The highest BCUT2D eigenvalue weighted by atomic mass is 35.5. The van der Waals surface area contributed by atoms with Gasteiger partial charge in [-0.25, -0.2) is 4.39 Å². The third-order valence-corrected chi connectivity index (χ3v) is 4.11. The molecule has 118 valence electrons. The van der Waals surface area contributed by atoms with Crippen molar-refractivity contribution in [3.63, 3.8) is 0 Å². The quantitative estimate of drug-likeness (QED) is 0.817. The zero-order chi connectivity index (χ0) is 13.8. The Morgan fingerprint density at radius 2 is 1.90 bits per heavy atom. The molecular weight excluding hydrogens is 359 g/mol. The zero-order valence-electron chi connectivity index (χ0n) is 11.1. The SMILES string of the molecule is Cl.Cl.N#CC[C@H](c1c(F)ccc(Cl)c1Cl)N1CCNCC1. The summed E-state index contributed by atoms with van der Waals surface area (Å²) in [4.78, 5) is 2.07. The van der Waals surface area contributed by atoms with Crippen molar-refractivity contribution in [2.75, 3.05) is 26.2 Å². The topological polar surface area (TPSA) is 39.1 Å². The Hall–Kier alpha value is -0.280. The Kier molecular flexibility index (Phi) is 9.55. The van der Waals surface area contributed by atoms with Crippen LogP contribution in [0.1, 0.15) is 18.0 Å². The predicted molar refractivity (Wildman–Crippen MR) is 88.3 cm³/mol. The van der Waals surface area contributed by atoms with Gasteiger partial charge in [0.05, 0.1) is 28.6 Å². The second-order valence-corrected chi connectivity index (χ2v) is 5.21. The lowest BCUT2D eigenvalue weighted by molar-refractivity contribution is 0.172. The molecule has 1 fully saturated rings. The van der Waals surface area contributed by atoms with Gasteiger partial charge in [-0.2, -0.15) is 5.26 Å². The summed E-state index contributed by atoms with van der Waals surface area (Å²) < 4.78 is 14.1. The minimum absolute atomic E-state index is 0. The van der Waals surface area contributed by atoms with Crippen molar-refractivity contribution in [2.24, 2.45) is 0 Å². The van der Waals surface area contributed by atoms with Gasteiger partial charge in [0.15, 0.2) is 0 Å². The van der Waals surface area contributed by atoms with E-state index in [9.17, 15) is 4.39 Å². The zero-order valence-corrected chi connectivity index (χ0v) is 14.3. The van der Waals surface area contributed by atoms with Crippen molar-refractivity contribution in [1.29, 1.82) is 5.26 Å². The molecule has 8 heteroatoms. The summed E-state index contributed by atoms with van der Waals surface area (Å²) in [7, 11) is 0. The monoisotopic (exact) mass is 373 g/mol. The van der Waals surface area contributed by atoms with E-state index < -0.39 is 5.82 Å². The number of nitrogens with zero attached hydrogens (tertiary/aromatic N) is 2. The van der Waals surface area contributed by atoms with E-state index in [2.05, 4.69) is 16.3 Å². The highest BCUT2D eigenvalue weighted by molar-refractivity contribution is 6.42. The molecule has 1 aliphatic heterocycles. The normalized spacial score (nSPS) is 16.3. The summed E-state index contributed by atoms with van der Waals surface area (Å²) in [6, 6.07) is 4.49. The van der Waals surface area contributed by atoms with Gasteiger partial charge in [-0.3, -0.25) is 4.90 Å². The fourth-order valence-corrected chi connectivity index (χ4v) is 2.79. The maximum Gasteiger partial charge on any atom is 0.129 e. The second kappa shape index (κ2) is 9.68. The summed E-state index contributed by atoms with van der Waals surface area (Å²) in [5.41, 5.74) is 0.331. The molecule has 1 aliphatic rings. The Morgan fingerprint density at radius 3 is 2.48 bits per heavy atom.